The molecule has 0 saturated heterocycles. The number of guanidine groups is 1. The van der Waals surface area contributed by atoms with Crippen molar-refractivity contribution in [3.05, 3.63) is 17.7 Å². The minimum atomic E-state index is 0. The van der Waals surface area contributed by atoms with E-state index in [1.165, 1.54) is 0 Å². The Hall–Kier alpha value is -1.38. The van der Waals surface area contributed by atoms with E-state index >= 15 is 0 Å². The lowest BCUT2D eigenvalue weighted by atomic mass is 10.1. The van der Waals surface area contributed by atoms with Gasteiger partial charge in [0.15, 0.2) is 5.96 Å². The Morgan fingerprint density at radius 3 is 2.08 bits per heavy atom. The van der Waals surface area contributed by atoms with Crippen LogP contribution in [0, 0.1) is 5.92 Å². The Bertz CT molecular complexity index is 511. The summed E-state index contributed by atoms with van der Waals surface area (Å²) in [5.41, 5.74) is 1.01. The molecule has 7 heteroatoms. The third-order valence-corrected chi connectivity index (χ3v) is 3.44. The fraction of sp³-hybridized carbons (Fsp3) is 0.611. The minimum Gasteiger partial charge on any atom is -0.496 e. The number of hydrogen-bond acceptors (Lipinski definition) is 4. The van der Waals surface area contributed by atoms with Gasteiger partial charge in [-0.15, -0.1) is 24.0 Å². The quantitative estimate of drug-likeness (QED) is 0.334. The molecule has 0 unspecified atom stereocenters. The maximum atomic E-state index is 5.48. The van der Waals surface area contributed by atoms with Crippen molar-refractivity contribution in [1.82, 2.24) is 10.6 Å². The van der Waals surface area contributed by atoms with Crippen LogP contribution in [0.25, 0.3) is 0 Å². The maximum Gasteiger partial charge on any atom is 0.191 e. The third-order valence-electron chi connectivity index (χ3n) is 3.44. The molecule has 2 N–H and O–H groups in total. The van der Waals surface area contributed by atoms with Gasteiger partial charge in [-0.05, 0) is 19.3 Å². The topological polar surface area (TPSA) is 64.1 Å². The first kappa shape index (κ1) is 23.6. The number of hydrogen-bond donors (Lipinski definition) is 2. The van der Waals surface area contributed by atoms with E-state index in [1.807, 2.05) is 12.1 Å². The summed E-state index contributed by atoms with van der Waals surface area (Å²) in [6.45, 7) is 8.72. The van der Waals surface area contributed by atoms with Crippen LogP contribution in [0.15, 0.2) is 17.1 Å². The Labute approximate surface area is 168 Å². The molecule has 0 aliphatic rings. The molecule has 0 saturated carbocycles. The van der Waals surface area contributed by atoms with Gasteiger partial charge in [0, 0.05) is 37.3 Å². The maximum absolute atomic E-state index is 5.48. The number of ether oxygens (including phenoxy) is 3. The predicted molar refractivity (Wildman–Crippen MR) is 114 cm³/mol. The number of methoxy groups -OCH3 is 3. The molecule has 1 aromatic rings. The minimum absolute atomic E-state index is 0. The number of aliphatic imine (C=N–C) groups is 1. The summed E-state index contributed by atoms with van der Waals surface area (Å²) in [6.07, 6.45) is 0.752. The molecular formula is C18H32IN3O3. The van der Waals surface area contributed by atoms with E-state index in [0.29, 0.717) is 11.7 Å². The Morgan fingerprint density at radius 2 is 1.64 bits per heavy atom. The summed E-state index contributed by atoms with van der Waals surface area (Å²) in [6, 6.07) is 3.74. The van der Waals surface area contributed by atoms with Crippen molar-refractivity contribution in [1.29, 1.82) is 0 Å². The molecule has 25 heavy (non-hydrogen) atoms. The van der Waals surface area contributed by atoms with Crippen LogP contribution in [0.2, 0.25) is 0 Å². The molecule has 0 aliphatic carbocycles. The largest absolute Gasteiger partial charge is 0.496 e. The lowest BCUT2D eigenvalue weighted by Crippen LogP contribution is -2.38. The lowest BCUT2D eigenvalue weighted by molar-refractivity contribution is 0.368. The second kappa shape index (κ2) is 12.9. The Kier molecular flexibility index (Phi) is 12.2. The molecule has 0 fully saturated rings. The molecule has 6 nitrogen and oxygen atoms in total. The second-order valence-corrected chi connectivity index (χ2v) is 5.80. The summed E-state index contributed by atoms with van der Waals surface area (Å²) in [5, 5.41) is 6.61. The van der Waals surface area contributed by atoms with Crippen molar-refractivity contribution in [2.24, 2.45) is 10.9 Å². The van der Waals surface area contributed by atoms with Crippen LogP contribution in [-0.2, 0) is 6.42 Å². The van der Waals surface area contributed by atoms with Crippen molar-refractivity contribution >= 4 is 29.9 Å². The first-order chi connectivity index (χ1) is 11.5. The molecule has 0 radical (unpaired) electrons. The van der Waals surface area contributed by atoms with Crippen molar-refractivity contribution in [3.63, 3.8) is 0 Å². The number of nitrogens with one attached hydrogen (secondary N) is 2. The molecular weight excluding hydrogens is 433 g/mol. The molecule has 0 bridgehead atoms. The van der Waals surface area contributed by atoms with Crippen LogP contribution >= 0.6 is 24.0 Å². The molecule has 144 valence electrons. The number of halogens is 1. The van der Waals surface area contributed by atoms with Gasteiger partial charge in [0.1, 0.15) is 17.2 Å². The molecule has 0 aliphatic heterocycles. The smallest absolute Gasteiger partial charge is 0.191 e. The Morgan fingerprint density at radius 1 is 1.04 bits per heavy atom. The van der Waals surface area contributed by atoms with E-state index in [-0.39, 0.29) is 24.0 Å². The van der Waals surface area contributed by atoms with Gasteiger partial charge in [-0.25, -0.2) is 0 Å². The normalized spacial score (nSPS) is 10.9. The van der Waals surface area contributed by atoms with Gasteiger partial charge in [0.2, 0.25) is 0 Å². The van der Waals surface area contributed by atoms with Crippen molar-refractivity contribution in [2.75, 3.05) is 41.0 Å². The van der Waals surface area contributed by atoms with Gasteiger partial charge in [0.05, 0.1) is 21.3 Å². The van der Waals surface area contributed by atoms with E-state index in [1.54, 1.807) is 21.3 Å². The van der Waals surface area contributed by atoms with E-state index in [4.69, 9.17) is 14.2 Å². The van der Waals surface area contributed by atoms with Crippen molar-refractivity contribution < 1.29 is 14.2 Å². The predicted octanol–water partition coefficient (Wildman–Crippen LogP) is 3.08. The van der Waals surface area contributed by atoms with Gasteiger partial charge in [0.25, 0.3) is 0 Å². The van der Waals surface area contributed by atoms with Crippen molar-refractivity contribution in [3.8, 4) is 17.2 Å². The monoisotopic (exact) mass is 465 g/mol. The van der Waals surface area contributed by atoms with Gasteiger partial charge >= 0.3 is 0 Å². The van der Waals surface area contributed by atoms with Crippen LogP contribution in [0.5, 0.6) is 17.2 Å². The third kappa shape index (κ3) is 8.02. The van der Waals surface area contributed by atoms with E-state index in [0.717, 1.165) is 49.1 Å². The van der Waals surface area contributed by atoms with Gasteiger partial charge in [-0.1, -0.05) is 13.8 Å². The van der Waals surface area contributed by atoms with E-state index in [2.05, 4.69) is 36.4 Å². The first-order valence-corrected chi connectivity index (χ1v) is 8.36. The summed E-state index contributed by atoms with van der Waals surface area (Å²) in [5.74, 6) is 3.60. The van der Waals surface area contributed by atoms with Crippen LogP contribution in [0.1, 0.15) is 26.3 Å². The van der Waals surface area contributed by atoms with Crippen LogP contribution in [0.3, 0.4) is 0 Å². The van der Waals surface area contributed by atoms with Crippen LogP contribution in [0.4, 0.5) is 0 Å². The molecule has 0 heterocycles. The zero-order valence-corrected chi connectivity index (χ0v) is 18.5. The highest BCUT2D eigenvalue weighted by Gasteiger charge is 2.13. The molecule has 1 rings (SSSR count). The number of benzene rings is 1. The zero-order chi connectivity index (χ0) is 17.9. The summed E-state index contributed by atoms with van der Waals surface area (Å²) < 4.78 is 16.2. The average Bonchev–Trinajstić information content (AvgIpc) is 2.59. The highest BCUT2D eigenvalue weighted by molar-refractivity contribution is 14.0. The SMILES string of the molecule is CCNC(=NCC(C)C)NCCc1c(OC)cc(OC)cc1OC.I. The van der Waals surface area contributed by atoms with Gasteiger partial charge < -0.3 is 24.8 Å². The van der Waals surface area contributed by atoms with Gasteiger partial charge in [-0.2, -0.15) is 0 Å². The summed E-state index contributed by atoms with van der Waals surface area (Å²) in [4.78, 5) is 4.57. The average molecular weight is 465 g/mol. The summed E-state index contributed by atoms with van der Waals surface area (Å²) in [7, 11) is 4.93. The molecule has 0 aromatic heterocycles. The molecule has 0 amide bonds. The number of nitrogens with zero attached hydrogens (tertiary/aromatic N) is 1. The van der Waals surface area contributed by atoms with Crippen molar-refractivity contribution in [2.45, 2.75) is 27.2 Å². The standard InChI is InChI=1S/C18H31N3O3.HI/c1-7-19-18(21-12-13(2)3)20-9-8-15-16(23-5)10-14(22-4)11-17(15)24-6;/h10-11,13H,7-9,12H2,1-6H3,(H2,19,20,21);1H. The summed E-state index contributed by atoms with van der Waals surface area (Å²) >= 11 is 0. The first-order valence-electron chi connectivity index (χ1n) is 8.36. The second-order valence-electron chi connectivity index (χ2n) is 5.80. The van der Waals surface area contributed by atoms with Crippen LogP contribution < -0.4 is 24.8 Å². The fourth-order valence-corrected chi connectivity index (χ4v) is 2.25. The zero-order valence-electron chi connectivity index (χ0n) is 16.1. The molecule has 0 spiro atoms. The van der Waals surface area contributed by atoms with Gasteiger partial charge in [-0.3, -0.25) is 4.99 Å². The van der Waals surface area contributed by atoms with E-state index < -0.39 is 0 Å². The van der Waals surface area contributed by atoms with E-state index in [9.17, 15) is 0 Å². The highest BCUT2D eigenvalue weighted by atomic mass is 127. The fourth-order valence-electron chi connectivity index (χ4n) is 2.25. The number of rotatable bonds is 9. The van der Waals surface area contributed by atoms with Crippen LogP contribution in [-0.4, -0.2) is 46.9 Å². The highest BCUT2D eigenvalue weighted by Crippen LogP contribution is 2.34. The Balaban J connectivity index is 0.00000576. The lowest BCUT2D eigenvalue weighted by Gasteiger charge is -2.16. The molecule has 0 atom stereocenters. The molecule has 1 aromatic carbocycles.